The number of hydrogen-bond donors (Lipinski definition) is 2. The van der Waals surface area contributed by atoms with E-state index in [2.05, 4.69) is 10.4 Å². The van der Waals surface area contributed by atoms with Crippen LogP contribution in [-0.2, 0) is 43.6 Å². The van der Waals surface area contributed by atoms with E-state index in [-0.39, 0.29) is 16.5 Å². The minimum atomic E-state index is -5.01. The monoisotopic (exact) mass is 591 g/mol. The van der Waals surface area contributed by atoms with Crippen LogP contribution in [0.5, 0.6) is 0 Å². The molecule has 1 heterocycles. The first-order valence-electron chi connectivity index (χ1n) is 11.1. The van der Waals surface area contributed by atoms with Crippen LogP contribution in [0.2, 0.25) is 5.02 Å². The van der Waals surface area contributed by atoms with Crippen molar-refractivity contribution in [2.75, 3.05) is 5.88 Å². The van der Waals surface area contributed by atoms with E-state index in [1.165, 1.54) is 23.0 Å². The van der Waals surface area contributed by atoms with Crippen molar-refractivity contribution in [3.05, 3.63) is 70.5 Å². The largest absolute Gasteiger partial charge is 0.480 e. The minimum absolute atomic E-state index is 0.210. The second-order valence-corrected chi connectivity index (χ2v) is 13.0. The smallest absolute Gasteiger partial charge is 0.416 e. The molecule has 1 unspecified atom stereocenters. The fourth-order valence-corrected chi connectivity index (χ4v) is 6.94. The van der Waals surface area contributed by atoms with Gasteiger partial charge in [0.05, 0.1) is 26.4 Å². The van der Waals surface area contributed by atoms with Gasteiger partial charge in [0.1, 0.15) is 12.4 Å². The van der Waals surface area contributed by atoms with Gasteiger partial charge in [-0.3, -0.25) is 14.8 Å². The zero-order valence-corrected chi connectivity index (χ0v) is 21.8. The first-order chi connectivity index (χ1) is 17.7. The molecule has 1 aliphatic carbocycles. The summed E-state index contributed by atoms with van der Waals surface area (Å²) in [7, 11) is -8.95. The number of benzene rings is 2. The van der Waals surface area contributed by atoms with Gasteiger partial charge in [0.25, 0.3) is 0 Å². The SMILES string of the molecule is O=C(O)Cn1ncc2c1CCCC2NCS(=O)(=O)c1cc(C(F)(F)F)cc(S(=O)(=O)c2ccc(Cl)cc2)c1. The molecule has 0 amide bonds. The van der Waals surface area contributed by atoms with Gasteiger partial charge in [-0.25, -0.2) is 16.8 Å². The highest BCUT2D eigenvalue weighted by molar-refractivity contribution is 7.92. The van der Waals surface area contributed by atoms with Crippen LogP contribution in [-0.4, -0.2) is 43.6 Å². The quantitative estimate of drug-likeness (QED) is 0.403. The van der Waals surface area contributed by atoms with Crippen LogP contribution in [0.1, 0.15) is 35.7 Å². The zero-order chi connectivity index (χ0) is 27.9. The molecule has 0 fully saturated rings. The fourth-order valence-electron chi connectivity index (χ4n) is 4.21. The summed E-state index contributed by atoms with van der Waals surface area (Å²) in [6.07, 6.45) is -1.96. The topological polar surface area (TPSA) is 135 Å². The van der Waals surface area contributed by atoms with Crippen LogP contribution < -0.4 is 5.32 Å². The molecule has 1 atom stereocenters. The molecule has 38 heavy (non-hydrogen) atoms. The van der Waals surface area contributed by atoms with Crippen molar-refractivity contribution in [2.24, 2.45) is 0 Å². The number of alkyl halides is 3. The lowest BCUT2D eigenvalue weighted by Gasteiger charge is -2.24. The van der Waals surface area contributed by atoms with Crippen molar-refractivity contribution in [3.63, 3.8) is 0 Å². The Kier molecular flexibility index (Phi) is 7.63. The lowest BCUT2D eigenvalue weighted by atomic mass is 9.93. The molecule has 0 bridgehead atoms. The van der Waals surface area contributed by atoms with Crippen molar-refractivity contribution < 1.29 is 39.9 Å². The molecule has 0 saturated carbocycles. The number of aliphatic carboxylic acids is 1. The maximum atomic E-state index is 13.6. The van der Waals surface area contributed by atoms with E-state index in [4.69, 9.17) is 16.7 Å². The van der Waals surface area contributed by atoms with E-state index < -0.39 is 59.1 Å². The molecule has 2 aromatic carbocycles. The molecule has 0 saturated heterocycles. The second-order valence-electron chi connectivity index (χ2n) is 8.65. The van der Waals surface area contributed by atoms with E-state index >= 15 is 0 Å². The van der Waals surface area contributed by atoms with Crippen molar-refractivity contribution in [1.82, 2.24) is 15.1 Å². The van der Waals surface area contributed by atoms with Crippen molar-refractivity contribution >= 4 is 37.2 Å². The number of carbonyl (C=O) groups is 1. The molecule has 204 valence electrons. The number of hydrogen-bond acceptors (Lipinski definition) is 7. The molecule has 1 aliphatic rings. The van der Waals surface area contributed by atoms with Gasteiger partial charge in [-0.1, -0.05) is 11.6 Å². The van der Waals surface area contributed by atoms with E-state index in [0.717, 1.165) is 12.1 Å². The second kappa shape index (κ2) is 10.3. The number of nitrogens with one attached hydrogen (secondary N) is 1. The van der Waals surface area contributed by atoms with Crippen LogP contribution in [0.4, 0.5) is 13.2 Å². The zero-order valence-electron chi connectivity index (χ0n) is 19.4. The van der Waals surface area contributed by atoms with Gasteiger partial charge in [0, 0.05) is 22.3 Å². The third-order valence-corrected chi connectivity index (χ3v) is 9.57. The molecule has 15 heteroatoms. The highest BCUT2D eigenvalue weighted by Gasteiger charge is 2.35. The number of halogens is 4. The van der Waals surface area contributed by atoms with Crippen LogP contribution in [0, 0.1) is 0 Å². The molecular formula is C23H21ClF3N3O6S2. The Hall–Kier alpha value is -2.94. The first-order valence-corrected chi connectivity index (χ1v) is 14.7. The summed E-state index contributed by atoms with van der Waals surface area (Å²) in [5.41, 5.74) is -0.201. The fraction of sp³-hybridized carbons (Fsp3) is 0.304. The molecule has 0 spiro atoms. The predicted octanol–water partition coefficient (Wildman–Crippen LogP) is 3.87. The lowest BCUT2D eigenvalue weighted by molar-refractivity contribution is -0.138. The van der Waals surface area contributed by atoms with Crippen LogP contribution in [0.15, 0.2) is 63.3 Å². The van der Waals surface area contributed by atoms with Crippen LogP contribution in [0.25, 0.3) is 0 Å². The normalized spacial score (nSPS) is 16.3. The number of sulfone groups is 2. The number of aromatic nitrogens is 2. The molecule has 0 aliphatic heterocycles. The summed E-state index contributed by atoms with van der Waals surface area (Å²) in [5, 5.41) is 16.1. The number of carboxylic acid groups (broad SMARTS) is 1. The highest BCUT2D eigenvalue weighted by Crippen LogP contribution is 2.35. The average Bonchev–Trinajstić information content (AvgIpc) is 3.25. The lowest BCUT2D eigenvalue weighted by Crippen LogP contribution is -2.30. The molecule has 3 aromatic rings. The van der Waals surface area contributed by atoms with Crippen molar-refractivity contribution in [1.29, 1.82) is 0 Å². The Morgan fingerprint density at radius 3 is 2.37 bits per heavy atom. The number of rotatable bonds is 8. The van der Waals surface area contributed by atoms with Gasteiger partial charge < -0.3 is 5.11 Å². The molecule has 2 N–H and O–H groups in total. The van der Waals surface area contributed by atoms with E-state index in [1.807, 2.05) is 0 Å². The third-order valence-electron chi connectivity index (χ3n) is 6.07. The van der Waals surface area contributed by atoms with E-state index in [0.29, 0.717) is 48.7 Å². The number of fused-ring (bicyclic) bond motifs is 1. The van der Waals surface area contributed by atoms with E-state index in [9.17, 15) is 34.8 Å². The summed E-state index contributed by atoms with van der Waals surface area (Å²) in [5.74, 6) is -1.88. The van der Waals surface area contributed by atoms with Gasteiger partial charge in [0.2, 0.25) is 9.84 Å². The summed E-state index contributed by atoms with van der Waals surface area (Å²) in [6, 6.07) is 5.67. The summed E-state index contributed by atoms with van der Waals surface area (Å²) >= 11 is 5.77. The van der Waals surface area contributed by atoms with Crippen LogP contribution in [0.3, 0.4) is 0 Å². The number of nitrogens with zero attached hydrogens (tertiary/aromatic N) is 2. The predicted molar refractivity (Wildman–Crippen MR) is 129 cm³/mol. The Morgan fingerprint density at radius 2 is 1.74 bits per heavy atom. The molecule has 0 radical (unpaired) electrons. The number of carboxylic acids is 1. The first kappa shape index (κ1) is 28.1. The molecule has 9 nitrogen and oxygen atoms in total. The standard InChI is InChI=1S/C23H21ClF3N3O6S2/c24-15-4-6-16(7-5-15)38(35,36)18-9-14(23(25,26)27)8-17(10-18)37(33,34)13-28-20-2-1-3-21-19(20)11-29-30(21)12-22(31)32/h4-11,20,28H,1-3,12-13H2,(H,31,32). The Morgan fingerprint density at radius 1 is 1.08 bits per heavy atom. The Balaban J connectivity index is 1.66. The Labute approximate surface area is 221 Å². The molecule has 1 aromatic heterocycles. The average molecular weight is 592 g/mol. The van der Waals surface area contributed by atoms with Gasteiger partial charge >= 0.3 is 12.1 Å². The van der Waals surface area contributed by atoms with Crippen molar-refractivity contribution in [2.45, 2.75) is 52.7 Å². The van der Waals surface area contributed by atoms with Gasteiger partial charge in [0.15, 0.2) is 9.84 Å². The highest BCUT2D eigenvalue weighted by atomic mass is 35.5. The van der Waals surface area contributed by atoms with E-state index in [1.54, 1.807) is 0 Å². The molecule has 4 rings (SSSR count). The van der Waals surface area contributed by atoms with Gasteiger partial charge in [-0.15, -0.1) is 0 Å². The van der Waals surface area contributed by atoms with Gasteiger partial charge in [-0.2, -0.15) is 18.3 Å². The van der Waals surface area contributed by atoms with Gasteiger partial charge in [-0.05, 0) is 61.7 Å². The molecular weight excluding hydrogens is 571 g/mol. The summed E-state index contributed by atoms with van der Waals surface area (Å²) in [4.78, 5) is 9.07. The Bertz CT molecular complexity index is 1590. The van der Waals surface area contributed by atoms with Crippen molar-refractivity contribution in [3.8, 4) is 0 Å². The summed E-state index contributed by atoms with van der Waals surface area (Å²) in [6.45, 7) is -0.366. The maximum absolute atomic E-state index is 13.6. The summed E-state index contributed by atoms with van der Waals surface area (Å²) < 4.78 is 94.6. The third kappa shape index (κ3) is 5.87. The maximum Gasteiger partial charge on any atom is 0.416 e. The minimum Gasteiger partial charge on any atom is -0.480 e. The van der Waals surface area contributed by atoms with Crippen LogP contribution >= 0.6 is 11.6 Å².